The summed E-state index contributed by atoms with van der Waals surface area (Å²) >= 11 is 1.99. The third kappa shape index (κ3) is 3.88. The molecule has 0 amide bonds. The van der Waals surface area contributed by atoms with Crippen LogP contribution in [-0.4, -0.2) is 47.6 Å². The number of carbonyl (C=O) groups excluding carboxylic acids is 1. The first-order chi connectivity index (χ1) is 6.61. The van der Waals surface area contributed by atoms with Crippen LogP contribution in [-0.2, 0) is 9.53 Å². The molecular weight excluding hydrogens is 198 g/mol. The number of carbonyl (C=O) groups is 1. The van der Waals surface area contributed by atoms with Crippen molar-refractivity contribution in [3.05, 3.63) is 0 Å². The summed E-state index contributed by atoms with van der Waals surface area (Å²) in [5, 5.41) is 1.24. The summed E-state index contributed by atoms with van der Waals surface area (Å²) in [6.07, 6.45) is 0. The molecule has 0 N–H and O–H groups in total. The number of rotatable bonds is 3. The minimum Gasteiger partial charge on any atom is -0.465 e. The van der Waals surface area contributed by atoms with Crippen LogP contribution in [0.25, 0.3) is 0 Å². The quantitative estimate of drug-likeness (QED) is 0.668. The zero-order valence-corrected chi connectivity index (χ0v) is 9.97. The monoisotopic (exact) mass is 217 g/mol. The van der Waals surface area contributed by atoms with Crippen molar-refractivity contribution in [2.24, 2.45) is 0 Å². The van der Waals surface area contributed by atoms with E-state index < -0.39 is 0 Å². The zero-order chi connectivity index (χ0) is 10.6. The summed E-state index contributed by atoms with van der Waals surface area (Å²) in [6.45, 7) is 9.17. The van der Waals surface area contributed by atoms with E-state index in [0.717, 1.165) is 13.1 Å². The van der Waals surface area contributed by atoms with Crippen LogP contribution in [0.5, 0.6) is 0 Å². The van der Waals surface area contributed by atoms with Crippen molar-refractivity contribution >= 4 is 17.7 Å². The summed E-state index contributed by atoms with van der Waals surface area (Å²) in [6, 6.07) is 0. The standard InChI is InChI=1S/C10H19NO2S/c1-4-13-10(12)7-11-5-8(2)14-9(3)6-11/h8-9H,4-7H2,1-3H3. The molecule has 82 valence electrons. The molecule has 0 radical (unpaired) electrons. The van der Waals surface area contributed by atoms with E-state index in [2.05, 4.69) is 18.7 Å². The van der Waals surface area contributed by atoms with Gasteiger partial charge in [-0.3, -0.25) is 9.69 Å². The van der Waals surface area contributed by atoms with E-state index in [1.165, 1.54) is 0 Å². The highest BCUT2D eigenvalue weighted by Crippen LogP contribution is 2.24. The molecule has 2 atom stereocenters. The van der Waals surface area contributed by atoms with Crippen molar-refractivity contribution in [2.45, 2.75) is 31.3 Å². The van der Waals surface area contributed by atoms with E-state index in [1.807, 2.05) is 18.7 Å². The van der Waals surface area contributed by atoms with Crippen molar-refractivity contribution in [1.29, 1.82) is 0 Å². The summed E-state index contributed by atoms with van der Waals surface area (Å²) in [4.78, 5) is 13.4. The molecule has 0 aliphatic carbocycles. The van der Waals surface area contributed by atoms with Gasteiger partial charge in [-0.1, -0.05) is 13.8 Å². The van der Waals surface area contributed by atoms with Crippen LogP contribution < -0.4 is 0 Å². The highest BCUT2D eigenvalue weighted by molar-refractivity contribution is 8.00. The largest absolute Gasteiger partial charge is 0.465 e. The van der Waals surface area contributed by atoms with Crippen LogP contribution in [0.4, 0.5) is 0 Å². The maximum atomic E-state index is 11.3. The average molecular weight is 217 g/mol. The SMILES string of the molecule is CCOC(=O)CN1CC(C)SC(C)C1. The second kappa shape index (κ2) is 5.61. The van der Waals surface area contributed by atoms with Crippen LogP contribution in [0.2, 0.25) is 0 Å². The Hall–Kier alpha value is -0.220. The number of esters is 1. The Balaban J connectivity index is 2.33. The minimum atomic E-state index is -0.0983. The first-order valence-electron chi connectivity index (χ1n) is 5.15. The number of nitrogens with zero attached hydrogens (tertiary/aromatic N) is 1. The van der Waals surface area contributed by atoms with Gasteiger partial charge in [-0.25, -0.2) is 0 Å². The van der Waals surface area contributed by atoms with Gasteiger partial charge >= 0.3 is 5.97 Å². The second-order valence-electron chi connectivity index (χ2n) is 3.76. The molecule has 1 fully saturated rings. The van der Waals surface area contributed by atoms with Crippen LogP contribution >= 0.6 is 11.8 Å². The lowest BCUT2D eigenvalue weighted by Crippen LogP contribution is -2.43. The zero-order valence-electron chi connectivity index (χ0n) is 9.16. The summed E-state index contributed by atoms with van der Waals surface area (Å²) < 4.78 is 4.93. The van der Waals surface area contributed by atoms with Gasteiger partial charge in [0.1, 0.15) is 0 Å². The Morgan fingerprint density at radius 1 is 1.43 bits per heavy atom. The second-order valence-corrected chi connectivity index (χ2v) is 5.64. The highest BCUT2D eigenvalue weighted by atomic mass is 32.2. The number of ether oxygens (including phenoxy) is 1. The third-order valence-electron chi connectivity index (χ3n) is 2.15. The van der Waals surface area contributed by atoms with Gasteiger partial charge in [0.2, 0.25) is 0 Å². The molecule has 1 rings (SSSR count). The third-order valence-corrected chi connectivity index (χ3v) is 3.38. The Labute approximate surface area is 90.2 Å². The van der Waals surface area contributed by atoms with Crippen LogP contribution in [0.1, 0.15) is 20.8 Å². The Morgan fingerprint density at radius 2 is 2.00 bits per heavy atom. The smallest absolute Gasteiger partial charge is 0.320 e. The predicted octanol–water partition coefficient (Wildman–Crippen LogP) is 1.38. The maximum Gasteiger partial charge on any atom is 0.320 e. The fraction of sp³-hybridized carbons (Fsp3) is 0.900. The van der Waals surface area contributed by atoms with E-state index in [0.29, 0.717) is 23.7 Å². The van der Waals surface area contributed by atoms with E-state index >= 15 is 0 Å². The number of hydrogen-bond acceptors (Lipinski definition) is 4. The van der Waals surface area contributed by atoms with Crippen molar-refractivity contribution < 1.29 is 9.53 Å². The molecule has 1 aliphatic heterocycles. The van der Waals surface area contributed by atoms with Gasteiger partial charge in [-0.05, 0) is 6.92 Å². The number of hydrogen-bond donors (Lipinski definition) is 0. The molecule has 14 heavy (non-hydrogen) atoms. The van der Waals surface area contributed by atoms with Crippen molar-refractivity contribution in [2.75, 3.05) is 26.2 Å². The molecule has 0 aromatic rings. The van der Waals surface area contributed by atoms with Gasteiger partial charge < -0.3 is 4.74 Å². The Morgan fingerprint density at radius 3 is 2.50 bits per heavy atom. The van der Waals surface area contributed by atoms with E-state index in [-0.39, 0.29) is 5.97 Å². The first kappa shape index (κ1) is 11.9. The molecule has 0 aromatic heterocycles. The van der Waals surface area contributed by atoms with Gasteiger partial charge in [0.05, 0.1) is 13.2 Å². The molecular formula is C10H19NO2S. The van der Waals surface area contributed by atoms with Crippen LogP contribution in [0.15, 0.2) is 0 Å². The lowest BCUT2D eigenvalue weighted by molar-refractivity contribution is -0.144. The normalized spacial score (nSPS) is 28.8. The molecule has 3 nitrogen and oxygen atoms in total. The Bertz CT molecular complexity index is 189. The first-order valence-corrected chi connectivity index (χ1v) is 6.09. The molecule has 4 heteroatoms. The predicted molar refractivity (Wildman–Crippen MR) is 59.6 cm³/mol. The fourth-order valence-corrected chi connectivity index (χ4v) is 3.19. The molecule has 1 heterocycles. The molecule has 0 spiro atoms. The maximum absolute atomic E-state index is 11.3. The van der Waals surface area contributed by atoms with E-state index in [1.54, 1.807) is 0 Å². The molecule has 0 aromatic carbocycles. The summed E-state index contributed by atoms with van der Waals surface area (Å²) in [5.41, 5.74) is 0. The van der Waals surface area contributed by atoms with Gasteiger partial charge in [0.25, 0.3) is 0 Å². The molecule has 2 unspecified atom stereocenters. The molecule has 0 bridgehead atoms. The minimum absolute atomic E-state index is 0.0983. The summed E-state index contributed by atoms with van der Waals surface area (Å²) in [5.74, 6) is -0.0983. The van der Waals surface area contributed by atoms with Gasteiger partial charge in [-0.2, -0.15) is 11.8 Å². The van der Waals surface area contributed by atoms with E-state index in [4.69, 9.17) is 4.74 Å². The lowest BCUT2D eigenvalue weighted by Gasteiger charge is -2.33. The summed E-state index contributed by atoms with van der Waals surface area (Å²) in [7, 11) is 0. The van der Waals surface area contributed by atoms with Gasteiger partial charge in [0.15, 0.2) is 0 Å². The fourth-order valence-electron chi connectivity index (χ4n) is 1.80. The van der Waals surface area contributed by atoms with E-state index in [9.17, 15) is 4.79 Å². The van der Waals surface area contributed by atoms with Crippen molar-refractivity contribution in [1.82, 2.24) is 4.90 Å². The molecule has 0 saturated carbocycles. The van der Waals surface area contributed by atoms with Gasteiger partial charge in [0, 0.05) is 23.6 Å². The Kier molecular flexibility index (Phi) is 4.75. The van der Waals surface area contributed by atoms with Crippen molar-refractivity contribution in [3.63, 3.8) is 0 Å². The van der Waals surface area contributed by atoms with Crippen LogP contribution in [0, 0.1) is 0 Å². The van der Waals surface area contributed by atoms with Crippen LogP contribution in [0.3, 0.4) is 0 Å². The van der Waals surface area contributed by atoms with Gasteiger partial charge in [-0.15, -0.1) is 0 Å². The lowest BCUT2D eigenvalue weighted by atomic mass is 10.3. The number of thioether (sulfide) groups is 1. The average Bonchev–Trinajstić information content (AvgIpc) is 2.01. The van der Waals surface area contributed by atoms with Crippen molar-refractivity contribution in [3.8, 4) is 0 Å². The molecule has 1 saturated heterocycles. The highest BCUT2D eigenvalue weighted by Gasteiger charge is 2.23. The topological polar surface area (TPSA) is 29.5 Å². The molecule has 1 aliphatic rings.